The summed E-state index contributed by atoms with van der Waals surface area (Å²) in [6, 6.07) is 5.18. The first-order valence-electron chi connectivity index (χ1n) is 5.69. The lowest BCUT2D eigenvalue weighted by Crippen LogP contribution is -2.16. The second-order valence-electron chi connectivity index (χ2n) is 4.14. The van der Waals surface area contributed by atoms with E-state index in [4.69, 9.17) is 10.3 Å². The number of nitrogens with two attached hydrogens (primary N) is 1. The maximum atomic E-state index is 11.9. The molecule has 8 heteroatoms. The highest BCUT2D eigenvalue weighted by Crippen LogP contribution is 2.25. The van der Waals surface area contributed by atoms with Crippen molar-refractivity contribution in [1.82, 2.24) is 10.1 Å². The van der Waals surface area contributed by atoms with Gasteiger partial charge in [0.25, 0.3) is 5.89 Å². The van der Waals surface area contributed by atoms with Crippen LogP contribution in [0.5, 0.6) is 0 Å². The van der Waals surface area contributed by atoms with Gasteiger partial charge >= 0.3 is 6.18 Å². The molecule has 0 spiro atoms. The molecule has 20 heavy (non-hydrogen) atoms. The molecule has 108 valence electrons. The Morgan fingerprint density at radius 1 is 1.35 bits per heavy atom. The molecule has 0 aliphatic rings. The molecule has 2 N–H and O–H groups in total. The van der Waals surface area contributed by atoms with Crippen LogP contribution in [0.25, 0.3) is 11.5 Å². The number of benzene rings is 1. The van der Waals surface area contributed by atoms with Crippen LogP contribution in [0.15, 0.2) is 22.7 Å². The molecule has 5 nitrogen and oxygen atoms in total. The Kier molecular flexibility index (Phi) is 3.93. The van der Waals surface area contributed by atoms with Gasteiger partial charge in [-0.2, -0.15) is 18.2 Å². The zero-order valence-corrected chi connectivity index (χ0v) is 10.6. The number of ether oxygens (including phenoxy) is 1. The van der Waals surface area contributed by atoms with Crippen molar-refractivity contribution in [2.45, 2.75) is 19.7 Å². The van der Waals surface area contributed by atoms with Gasteiger partial charge in [0.2, 0.25) is 0 Å². The van der Waals surface area contributed by atoms with Gasteiger partial charge in [-0.25, -0.2) is 0 Å². The standard InChI is InChI=1S/C12H12F3N3O2/c1-7-8(3-2-4-9(7)16)11-17-10(18-20-11)5-19-6-12(13,14)15/h2-4H,5-6,16H2,1H3. The van der Waals surface area contributed by atoms with Gasteiger partial charge in [-0.3, -0.25) is 0 Å². The Balaban J connectivity index is 2.07. The van der Waals surface area contributed by atoms with Crippen LogP contribution >= 0.6 is 0 Å². The first-order valence-corrected chi connectivity index (χ1v) is 5.69. The lowest BCUT2D eigenvalue weighted by Gasteiger charge is -2.04. The van der Waals surface area contributed by atoms with E-state index >= 15 is 0 Å². The van der Waals surface area contributed by atoms with Gasteiger partial charge in [-0.15, -0.1) is 0 Å². The number of hydrogen-bond donors (Lipinski definition) is 1. The van der Waals surface area contributed by atoms with Crippen LogP contribution in [0.3, 0.4) is 0 Å². The molecule has 0 fully saturated rings. The van der Waals surface area contributed by atoms with Crippen molar-refractivity contribution >= 4 is 5.69 Å². The fraction of sp³-hybridized carbons (Fsp3) is 0.333. The predicted octanol–water partition coefficient (Wildman–Crippen LogP) is 2.71. The van der Waals surface area contributed by atoms with Crippen molar-refractivity contribution in [3.8, 4) is 11.5 Å². The molecule has 1 aromatic carbocycles. The van der Waals surface area contributed by atoms with Crippen LogP contribution in [-0.2, 0) is 11.3 Å². The highest BCUT2D eigenvalue weighted by molar-refractivity contribution is 5.66. The monoisotopic (exact) mass is 287 g/mol. The molecule has 0 saturated heterocycles. The van der Waals surface area contributed by atoms with Gasteiger partial charge < -0.3 is 15.0 Å². The second-order valence-corrected chi connectivity index (χ2v) is 4.14. The van der Waals surface area contributed by atoms with Crippen LogP contribution in [0, 0.1) is 6.92 Å². The van der Waals surface area contributed by atoms with Crippen LogP contribution in [-0.4, -0.2) is 22.9 Å². The molecule has 0 radical (unpaired) electrons. The van der Waals surface area contributed by atoms with Crippen LogP contribution < -0.4 is 5.73 Å². The minimum atomic E-state index is -4.38. The molecule has 0 saturated carbocycles. The van der Waals surface area contributed by atoms with E-state index < -0.39 is 12.8 Å². The summed E-state index contributed by atoms with van der Waals surface area (Å²) in [5.41, 5.74) is 7.72. The Bertz CT molecular complexity index is 596. The summed E-state index contributed by atoms with van der Waals surface area (Å²) in [5.74, 6) is 0.242. The van der Waals surface area contributed by atoms with Crippen molar-refractivity contribution in [2.75, 3.05) is 12.3 Å². The summed E-state index contributed by atoms with van der Waals surface area (Å²) < 4.78 is 45.2. The second kappa shape index (κ2) is 5.49. The summed E-state index contributed by atoms with van der Waals surface area (Å²) in [6.07, 6.45) is -4.38. The summed E-state index contributed by atoms with van der Waals surface area (Å²) >= 11 is 0. The Morgan fingerprint density at radius 3 is 2.80 bits per heavy atom. The number of alkyl halides is 3. The third-order valence-corrected chi connectivity index (χ3v) is 2.57. The molecule has 0 aliphatic heterocycles. The molecule has 0 amide bonds. The Morgan fingerprint density at radius 2 is 2.10 bits per heavy atom. The van der Waals surface area contributed by atoms with E-state index in [2.05, 4.69) is 14.9 Å². The average molecular weight is 287 g/mol. The summed E-state index contributed by atoms with van der Waals surface area (Å²) in [7, 11) is 0. The van der Waals surface area contributed by atoms with E-state index in [1.54, 1.807) is 25.1 Å². The molecular weight excluding hydrogens is 275 g/mol. The van der Waals surface area contributed by atoms with E-state index in [0.29, 0.717) is 11.3 Å². The van der Waals surface area contributed by atoms with Gasteiger partial charge in [-0.05, 0) is 24.6 Å². The van der Waals surface area contributed by atoms with Crippen molar-refractivity contribution in [3.05, 3.63) is 29.6 Å². The molecule has 0 aliphatic carbocycles. The number of aromatic nitrogens is 2. The third-order valence-electron chi connectivity index (χ3n) is 2.57. The van der Waals surface area contributed by atoms with Crippen LogP contribution in [0.4, 0.5) is 18.9 Å². The highest BCUT2D eigenvalue weighted by atomic mass is 19.4. The number of nitrogens with zero attached hydrogens (tertiary/aromatic N) is 2. The van der Waals surface area contributed by atoms with Crippen molar-refractivity contribution in [2.24, 2.45) is 0 Å². The van der Waals surface area contributed by atoms with E-state index in [0.717, 1.165) is 5.56 Å². The van der Waals surface area contributed by atoms with Gasteiger partial charge in [0.15, 0.2) is 5.82 Å². The predicted molar refractivity (Wildman–Crippen MR) is 64.6 cm³/mol. The first kappa shape index (κ1) is 14.3. The maximum absolute atomic E-state index is 11.9. The molecule has 1 aromatic heterocycles. The average Bonchev–Trinajstić information content (AvgIpc) is 2.79. The maximum Gasteiger partial charge on any atom is 0.411 e. The van der Waals surface area contributed by atoms with E-state index in [1.807, 2.05) is 0 Å². The first-order chi connectivity index (χ1) is 9.37. The minimum Gasteiger partial charge on any atom is -0.398 e. The number of nitrogen functional groups attached to an aromatic ring is 1. The summed E-state index contributed by atoms with van der Waals surface area (Å²) in [6.45, 7) is 0.0628. The fourth-order valence-corrected chi connectivity index (χ4v) is 1.57. The smallest absolute Gasteiger partial charge is 0.398 e. The van der Waals surface area contributed by atoms with E-state index in [-0.39, 0.29) is 18.3 Å². The van der Waals surface area contributed by atoms with Gasteiger partial charge in [-0.1, -0.05) is 11.2 Å². The van der Waals surface area contributed by atoms with Crippen molar-refractivity contribution in [1.29, 1.82) is 0 Å². The van der Waals surface area contributed by atoms with Crippen molar-refractivity contribution in [3.63, 3.8) is 0 Å². The molecular formula is C12H12F3N3O2. The SMILES string of the molecule is Cc1c(N)cccc1-c1nc(COCC(F)(F)F)no1. The zero-order chi connectivity index (χ0) is 14.8. The minimum absolute atomic E-state index is 0.0473. The fourth-order valence-electron chi connectivity index (χ4n) is 1.57. The normalized spacial score (nSPS) is 11.8. The molecule has 2 aromatic rings. The molecule has 0 bridgehead atoms. The lowest BCUT2D eigenvalue weighted by molar-refractivity contribution is -0.177. The lowest BCUT2D eigenvalue weighted by atomic mass is 10.1. The van der Waals surface area contributed by atoms with E-state index in [1.165, 1.54) is 0 Å². The van der Waals surface area contributed by atoms with Gasteiger partial charge in [0.05, 0.1) is 0 Å². The number of anilines is 1. The zero-order valence-electron chi connectivity index (χ0n) is 10.6. The van der Waals surface area contributed by atoms with Crippen LogP contribution in [0.2, 0.25) is 0 Å². The largest absolute Gasteiger partial charge is 0.411 e. The molecule has 0 atom stereocenters. The number of halogens is 3. The molecule has 1 heterocycles. The Hall–Kier alpha value is -2.09. The van der Waals surface area contributed by atoms with Gasteiger partial charge in [0.1, 0.15) is 13.2 Å². The van der Waals surface area contributed by atoms with Crippen molar-refractivity contribution < 1.29 is 22.4 Å². The van der Waals surface area contributed by atoms with Gasteiger partial charge in [0, 0.05) is 11.3 Å². The third kappa shape index (κ3) is 3.47. The molecule has 0 unspecified atom stereocenters. The van der Waals surface area contributed by atoms with E-state index in [9.17, 15) is 13.2 Å². The topological polar surface area (TPSA) is 74.2 Å². The van der Waals surface area contributed by atoms with Crippen LogP contribution in [0.1, 0.15) is 11.4 Å². The highest BCUT2D eigenvalue weighted by Gasteiger charge is 2.27. The number of hydrogen-bond acceptors (Lipinski definition) is 5. The summed E-state index contributed by atoms with van der Waals surface area (Å²) in [5, 5.41) is 3.56. The molecule has 2 rings (SSSR count). The summed E-state index contributed by atoms with van der Waals surface area (Å²) in [4.78, 5) is 3.98. The number of rotatable bonds is 4. The Labute approximate surface area is 112 Å². The quantitative estimate of drug-likeness (QED) is 0.875.